The molecule has 0 bridgehead atoms. The van der Waals surface area contributed by atoms with Crippen molar-refractivity contribution in [1.29, 1.82) is 0 Å². The first-order chi connectivity index (χ1) is 13.1. The molecule has 142 valence electrons. The number of aryl methyl sites for hydroxylation is 1. The maximum absolute atomic E-state index is 12.3. The van der Waals surface area contributed by atoms with Crippen molar-refractivity contribution in [3.8, 4) is 11.1 Å². The Labute approximate surface area is 168 Å². The molecule has 0 N–H and O–H groups in total. The van der Waals surface area contributed by atoms with Crippen LogP contribution in [0.15, 0.2) is 41.0 Å². The van der Waals surface area contributed by atoms with Crippen molar-refractivity contribution in [2.24, 2.45) is 0 Å². The van der Waals surface area contributed by atoms with Crippen LogP contribution in [0.4, 0.5) is 0 Å². The Bertz CT molecular complexity index is 906. The Balaban J connectivity index is 1.81. The van der Waals surface area contributed by atoms with Crippen LogP contribution in [0.25, 0.3) is 21.3 Å². The molecule has 0 amide bonds. The van der Waals surface area contributed by atoms with Crippen LogP contribution in [0.1, 0.15) is 38.7 Å². The second-order valence-electron chi connectivity index (χ2n) is 6.51. The summed E-state index contributed by atoms with van der Waals surface area (Å²) >= 11 is 3.04. The zero-order valence-corrected chi connectivity index (χ0v) is 17.5. The number of thiophene rings is 1. The van der Waals surface area contributed by atoms with Gasteiger partial charge >= 0.3 is 5.97 Å². The summed E-state index contributed by atoms with van der Waals surface area (Å²) in [5, 5.41) is 3.65. The van der Waals surface area contributed by atoms with Crippen molar-refractivity contribution in [3.63, 3.8) is 0 Å². The summed E-state index contributed by atoms with van der Waals surface area (Å²) in [5.74, 6) is -0.185. The Morgan fingerprint density at radius 3 is 2.74 bits per heavy atom. The van der Waals surface area contributed by atoms with Gasteiger partial charge in [0.2, 0.25) is 0 Å². The highest BCUT2D eigenvalue weighted by atomic mass is 32.2. The van der Waals surface area contributed by atoms with E-state index in [0.29, 0.717) is 6.61 Å². The first-order valence-corrected chi connectivity index (χ1v) is 11.0. The summed E-state index contributed by atoms with van der Waals surface area (Å²) < 4.78 is 5.40. The maximum atomic E-state index is 12.3. The fraction of sp³-hybridized carbons (Fsp3) is 0.381. The number of rotatable bonds is 8. The summed E-state index contributed by atoms with van der Waals surface area (Å²) in [6, 6.07) is 8.44. The standard InChI is InChI=1S/C21H24N2O2S2/c1-4-5-6-11-25-21(24)15(3)27-20-18-17(12-26-19(18)22-13-23-20)16-9-7-14(2)8-10-16/h7-10,12-13,15H,4-6,11H2,1-3H3/t15-/m1/s1. The van der Waals surface area contributed by atoms with Gasteiger partial charge in [-0.1, -0.05) is 61.4 Å². The fourth-order valence-electron chi connectivity index (χ4n) is 2.74. The highest BCUT2D eigenvalue weighted by Crippen LogP contribution is 2.39. The molecule has 1 aromatic carbocycles. The van der Waals surface area contributed by atoms with Gasteiger partial charge in [-0.3, -0.25) is 4.79 Å². The number of benzene rings is 1. The zero-order valence-electron chi connectivity index (χ0n) is 15.9. The van der Waals surface area contributed by atoms with Gasteiger partial charge in [0.25, 0.3) is 0 Å². The van der Waals surface area contributed by atoms with Crippen molar-refractivity contribution >= 4 is 39.3 Å². The number of nitrogens with zero attached hydrogens (tertiary/aromatic N) is 2. The summed E-state index contributed by atoms with van der Waals surface area (Å²) in [4.78, 5) is 22.1. The van der Waals surface area contributed by atoms with Crippen LogP contribution in [-0.2, 0) is 9.53 Å². The quantitative estimate of drug-likeness (QED) is 0.204. The van der Waals surface area contributed by atoms with Crippen LogP contribution in [0, 0.1) is 6.92 Å². The Morgan fingerprint density at radius 2 is 2.00 bits per heavy atom. The number of hydrogen-bond acceptors (Lipinski definition) is 6. The van der Waals surface area contributed by atoms with E-state index < -0.39 is 0 Å². The number of thioether (sulfide) groups is 1. The van der Waals surface area contributed by atoms with Crippen LogP contribution in [0.3, 0.4) is 0 Å². The number of hydrogen-bond donors (Lipinski definition) is 0. The largest absolute Gasteiger partial charge is 0.465 e. The third-order valence-electron chi connectivity index (χ3n) is 4.31. The second kappa shape index (κ2) is 9.33. The number of aromatic nitrogens is 2. The van der Waals surface area contributed by atoms with Crippen molar-refractivity contribution in [1.82, 2.24) is 9.97 Å². The van der Waals surface area contributed by atoms with E-state index in [9.17, 15) is 4.79 Å². The van der Waals surface area contributed by atoms with Crippen LogP contribution in [0.5, 0.6) is 0 Å². The smallest absolute Gasteiger partial charge is 0.319 e. The van der Waals surface area contributed by atoms with Crippen LogP contribution >= 0.6 is 23.1 Å². The predicted molar refractivity (Wildman–Crippen MR) is 113 cm³/mol. The topological polar surface area (TPSA) is 52.1 Å². The van der Waals surface area contributed by atoms with E-state index in [0.717, 1.165) is 45.6 Å². The fourth-order valence-corrected chi connectivity index (χ4v) is 4.65. The molecule has 0 spiro atoms. The molecule has 0 fully saturated rings. The number of esters is 1. The molecule has 1 atom stereocenters. The lowest BCUT2D eigenvalue weighted by atomic mass is 10.1. The van der Waals surface area contributed by atoms with Crippen LogP contribution in [-0.4, -0.2) is 27.8 Å². The van der Waals surface area contributed by atoms with Gasteiger partial charge in [0.15, 0.2) is 0 Å². The minimum absolute atomic E-state index is 0.185. The molecule has 0 unspecified atom stereocenters. The van der Waals surface area contributed by atoms with E-state index in [1.165, 1.54) is 17.3 Å². The Morgan fingerprint density at radius 1 is 1.22 bits per heavy atom. The number of ether oxygens (including phenoxy) is 1. The summed E-state index contributed by atoms with van der Waals surface area (Å²) in [5.41, 5.74) is 3.48. The molecule has 2 aromatic heterocycles. The lowest BCUT2D eigenvalue weighted by Crippen LogP contribution is -2.17. The van der Waals surface area contributed by atoms with Crippen molar-refractivity contribution in [2.45, 2.75) is 50.3 Å². The molecule has 0 aliphatic heterocycles. The van der Waals surface area contributed by atoms with Gasteiger partial charge < -0.3 is 4.74 Å². The molecule has 0 saturated carbocycles. The maximum Gasteiger partial charge on any atom is 0.319 e. The minimum atomic E-state index is -0.310. The van der Waals surface area contributed by atoms with Gasteiger partial charge in [0.1, 0.15) is 21.4 Å². The Kier molecular flexibility index (Phi) is 6.85. The average Bonchev–Trinajstić information content (AvgIpc) is 3.11. The molecular formula is C21H24N2O2S2. The summed E-state index contributed by atoms with van der Waals surface area (Å²) in [7, 11) is 0. The van der Waals surface area contributed by atoms with Gasteiger partial charge in [-0.2, -0.15) is 0 Å². The second-order valence-corrected chi connectivity index (χ2v) is 8.70. The summed E-state index contributed by atoms with van der Waals surface area (Å²) in [6.07, 6.45) is 4.68. The van der Waals surface area contributed by atoms with E-state index in [1.807, 2.05) is 6.92 Å². The number of carbonyl (C=O) groups is 1. The van der Waals surface area contributed by atoms with Gasteiger partial charge in [0.05, 0.1) is 12.0 Å². The number of fused-ring (bicyclic) bond motifs is 1. The SMILES string of the molecule is CCCCCOC(=O)[C@@H](C)Sc1ncnc2scc(-c3ccc(C)cc3)c12. The predicted octanol–water partition coefficient (Wildman–Crippen LogP) is 5.88. The molecular weight excluding hydrogens is 376 g/mol. The first kappa shape index (κ1) is 19.8. The molecule has 0 saturated heterocycles. The monoisotopic (exact) mass is 400 g/mol. The molecule has 3 aromatic rings. The molecule has 27 heavy (non-hydrogen) atoms. The number of unbranched alkanes of at least 4 members (excludes halogenated alkanes) is 2. The molecule has 0 radical (unpaired) electrons. The van der Waals surface area contributed by atoms with Crippen LogP contribution < -0.4 is 0 Å². The molecule has 2 heterocycles. The number of carbonyl (C=O) groups excluding carboxylic acids is 1. The third-order valence-corrected chi connectivity index (χ3v) is 6.28. The van der Waals surface area contributed by atoms with E-state index >= 15 is 0 Å². The molecule has 0 aliphatic rings. The Hall–Kier alpha value is -1.92. The van der Waals surface area contributed by atoms with Gasteiger partial charge in [0, 0.05) is 10.9 Å². The van der Waals surface area contributed by atoms with E-state index in [2.05, 4.69) is 53.5 Å². The molecule has 3 rings (SSSR count). The molecule has 4 nitrogen and oxygen atoms in total. The average molecular weight is 401 g/mol. The first-order valence-electron chi connectivity index (χ1n) is 9.22. The lowest BCUT2D eigenvalue weighted by molar-refractivity contribution is -0.142. The van der Waals surface area contributed by atoms with Crippen molar-refractivity contribution in [3.05, 3.63) is 41.5 Å². The highest BCUT2D eigenvalue weighted by Gasteiger charge is 2.20. The lowest BCUT2D eigenvalue weighted by Gasteiger charge is -2.12. The van der Waals surface area contributed by atoms with Gasteiger partial charge in [-0.25, -0.2) is 9.97 Å². The van der Waals surface area contributed by atoms with Gasteiger partial charge in [-0.05, 0) is 25.8 Å². The van der Waals surface area contributed by atoms with Crippen molar-refractivity contribution < 1.29 is 9.53 Å². The van der Waals surface area contributed by atoms with Crippen LogP contribution in [0.2, 0.25) is 0 Å². The normalized spacial score (nSPS) is 12.3. The van der Waals surface area contributed by atoms with Gasteiger partial charge in [-0.15, -0.1) is 11.3 Å². The van der Waals surface area contributed by atoms with E-state index in [-0.39, 0.29) is 11.2 Å². The molecule has 0 aliphatic carbocycles. The van der Waals surface area contributed by atoms with Crippen molar-refractivity contribution in [2.75, 3.05) is 6.61 Å². The summed E-state index contributed by atoms with van der Waals surface area (Å²) in [6.45, 7) is 6.57. The zero-order chi connectivity index (χ0) is 19.2. The van der Waals surface area contributed by atoms with E-state index in [4.69, 9.17) is 4.74 Å². The highest BCUT2D eigenvalue weighted by molar-refractivity contribution is 8.00. The third kappa shape index (κ3) is 4.87. The van der Waals surface area contributed by atoms with E-state index in [1.54, 1.807) is 17.7 Å². The molecule has 6 heteroatoms. The minimum Gasteiger partial charge on any atom is -0.465 e.